The van der Waals surface area contributed by atoms with E-state index in [4.69, 9.17) is 5.73 Å². The van der Waals surface area contributed by atoms with Crippen LogP contribution in [0.25, 0.3) is 11.3 Å². The predicted molar refractivity (Wildman–Crippen MR) is 68.4 cm³/mol. The molecule has 0 amide bonds. The average Bonchev–Trinajstić information content (AvgIpc) is 2.34. The molecule has 0 saturated heterocycles. The van der Waals surface area contributed by atoms with Gasteiger partial charge in [-0.2, -0.15) is 4.39 Å². The summed E-state index contributed by atoms with van der Waals surface area (Å²) >= 11 is 2.93. The fourth-order valence-electron chi connectivity index (χ4n) is 1.54. The molecule has 7 heteroatoms. The Kier molecular flexibility index (Phi) is 3.24. The zero-order chi connectivity index (χ0) is 13.3. The summed E-state index contributed by atoms with van der Waals surface area (Å²) in [5, 5.41) is 10.8. The summed E-state index contributed by atoms with van der Waals surface area (Å²) in [7, 11) is 0. The Labute approximate surface area is 110 Å². The number of aromatic nitrogens is 1. The third-order valence-electron chi connectivity index (χ3n) is 2.36. The molecular weight excluding hydrogens is 305 g/mol. The largest absolute Gasteiger partial charge is 0.393 e. The molecule has 0 aliphatic heterocycles. The molecule has 0 unspecified atom stereocenters. The molecule has 0 bridgehead atoms. The molecular formula is C11H7BrFN3O2. The maximum absolute atomic E-state index is 13.6. The van der Waals surface area contributed by atoms with Crippen LogP contribution in [0.4, 0.5) is 15.8 Å². The van der Waals surface area contributed by atoms with Crippen molar-refractivity contribution in [3.8, 4) is 11.3 Å². The molecule has 0 aliphatic carbocycles. The first-order valence-corrected chi connectivity index (χ1v) is 5.65. The number of halogens is 2. The van der Waals surface area contributed by atoms with Gasteiger partial charge in [-0.05, 0) is 34.1 Å². The fourth-order valence-corrected chi connectivity index (χ4v) is 1.96. The third-order valence-corrected chi connectivity index (χ3v) is 2.93. The van der Waals surface area contributed by atoms with E-state index in [1.54, 1.807) is 18.2 Å². The van der Waals surface area contributed by atoms with Crippen LogP contribution in [-0.2, 0) is 0 Å². The first-order chi connectivity index (χ1) is 8.52. The number of anilines is 1. The first kappa shape index (κ1) is 12.4. The van der Waals surface area contributed by atoms with Gasteiger partial charge in [-0.1, -0.05) is 6.07 Å². The Morgan fingerprint density at radius 1 is 1.44 bits per heavy atom. The summed E-state index contributed by atoms with van der Waals surface area (Å²) in [5.41, 5.74) is 5.42. The molecule has 0 spiro atoms. The van der Waals surface area contributed by atoms with Gasteiger partial charge in [0.2, 0.25) is 5.82 Å². The lowest BCUT2D eigenvalue weighted by molar-refractivity contribution is -0.386. The molecule has 18 heavy (non-hydrogen) atoms. The minimum Gasteiger partial charge on any atom is -0.393 e. The second kappa shape index (κ2) is 4.69. The molecule has 5 nitrogen and oxygen atoms in total. The van der Waals surface area contributed by atoms with Gasteiger partial charge in [-0.3, -0.25) is 15.1 Å². The summed E-state index contributed by atoms with van der Waals surface area (Å²) in [6, 6.07) is 6.43. The van der Waals surface area contributed by atoms with Crippen LogP contribution in [0.2, 0.25) is 0 Å². The van der Waals surface area contributed by atoms with Crippen molar-refractivity contribution in [2.24, 2.45) is 0 Å². The lowest BCUT2D eigenvalue weighted by Crippen LogP contribution is -2.02. The molecule has 1 aromatic heterocycles. The van der Waals surface area contributed by atoms with E-state index >= 15 is 0 Å². The molecule has 0 atom stereocenters. The summed E-state index contributed by atoms with van der Waals surface area (Å²) in [5.74, 6) is -0.989. The second-order valence-electron chi connectivity index (χ2n) is 3.45. The van der Waals surface area contributed by atoms with E-state index in [1.165, 1.54) is 12.3 Å². The monoisotopic (exact) mass is 311 g/mol. The molecule has 0 fully saturated rings. The number of nitro benzene ring substituents is 1. The van der Waals surface area contributed by atoms with E-state index in [1.807, 2.05) is 0 Å². The van der Waals surface area contributed by atoms with E-state index in [9.17, 15) is 14.5 Å². The lowest BCUT2D eigenvalue weighted by Gasteiger charge is -2.07. The highest BCUT2D eigenvalue weighted by molar-refractivity contribution is 9.10. The van der Waals surface area contributed by atoms with Crippen LogP contribution in [0.3, 0.4) is 0 Å². The van der Waals surface area contributed by atoms with Crippen molar-refractivity contribution in [1.29, 1.82) is 0 Å². The van der Waals surface area contributed by atoms with Gasteiger partial charge >= 0.3 is 5.69 Å². The second-order valence-corrected chi connectivity index (χ2v) is 4.31. The maximum Gasteiger partial charge on any atom is 0.329 e. The number of hydrogen-bond acceptors (Lipinski definition) is 4. The maximum atomic E-state index is 13.6. The third kappa shape index (κ3) is 2.04. The van der Waals surface area contributed by atoms with Crippen LogP contribution < -0.4 is 5.73 Å². The van der Waals surface area contributed by atoms with E-state index in [-0.39, 0.29) is 10.2 Å². The molecule has 0 saturated carbocycles. The molecule has 0 radical (unpaired) electrons. The normalized spacial score (nSPS) is 10.3. The zero-order valence-corrected chi connectivity index (χ0v) is 10.5. The van der Waals surface area contributed by atoms with Gasteiger partial charge in [0, 0.05) is 11.8 Å². The summed E-state index contributed by atoms with van der Waals surface area (Å²) in [6.45, 7) is 0. The Morgan fingerprint density at radius 3 is 2.72 bits per heavy atom. The summed E-state index contributed by atoms with van der Waals surface area (Å²) in [6.07, 6.45) is 1.53. The van der Waals surface area contributed by atoms with Crippen molar-refractivity contribution >= 4 is 27.3 Å². The number of pyridine rings is 1. The number of hydrogen-bond donors (Lipinski definition) is 1. The highest BCUT2D eigenvalue weighted by Crippen LogP contribution is 2.38. The first-order valence-electron chi connectivity index (χ1n) is 4.85. The Bertz CT molecular complexity index is 619. The molecule has 0 aliphatic rings. The van der Waals surface area contributed by atoms with Gasteiger partial charge in [0.15, 0.2) is 0 Å². The van der Waals surface area contributed by atoms with Crippen molar-refractivity contribution in [1.82, 2.24) is 4.98 Å². The summed E-state index contributed by atoms with van der Waals surface area (Å²) < 4.78 is 13.6. The Balaban J connectivity index is 2.75. The van der Waals surface area contributed by atoms with Gasteiger partial charge in [0.25, 0.3) is 0 Å². The highest BCUT2D eigenvalue weighted by Gasteiger charge is 2.25. The van der Waals surface area contributed by atoms with Crippen LogP contribution in [0.5, 0.6) is 0 Å². The van der Waals surface area contributed by atoms with Crippen LogP contribution in [0.1, 0.15) is 0 Å². The van der Waals surface area contributed by atoms with Crippen molar-refractivity contribution in [2.75, 3.05) is 5.73 Å². The predicted octanol–water partition coefficient (Wildman–Crippen LogP) is 3.14. The number of benzene rings is 1. The molecule has 2 aromatic rings. The van der Waals surface area contributed by atoms with Crippen LogP contribution in [0, 0.1) is 15.9 Å². The molecule has 2 rings (SSSR count). The molecule has 1 heterocycles. The van der Waals surface area contributed by atoms with E-state index in [0.717, 1.165) is 0 Å². The van der Waals surface area contributed by atoms with Gasteiger partial charge in [0.05, 0.1) is 15.1 Å². The van der Waals surface area contributed by atoms with Crippen LogP contribution in [-0.4, -0.2) is 9.91 Å². The van der Waals surface area contributed by atoms with Crippen molar-refractivity contribution in [3.05, 3.63) is 50.9 Å². The SMILES string of the molecule is Nc1c(-c2ccccn2)cc(Br)c(F)c1[N+](=O)[O-]. The topological polar surface area (TPSA) is 82.0 Å². The minimum absolute atomic E-state index is 0.0240. The number of nitro groups is 1. The quantitative estimate of drug-likeness (QED) is 0.524. The summed E-state index contributed by atoms with van der Waals surface area (Å²) in [4.78, 5) is 14.0. The smallest absolute Gasteiger partial charge is 0.329 e. The fraction of sp³-hybridized carbons (Fsp3) is 0. The number of nitrogens with two attached hydrogens (primary N) is 1. The van der Waals surface area contributed by atoms with Crippen molar-refractivity contribution in [2.45, 2.75) is 0 Å². The van der Waals surface area contributed by atoms with E-state index in [0.29, 0.717) is 11.3 Å². The Morgan fingerprint density at radius 2 is 2.17 bits per heavy atom. The number of nitrogens with zero attached hydrogens (tertiary/aromatic N) is 2. The van der Waals surface area contributed by atoms with Gasteiger partial charge in [0.1, 0.15) is 5.69 Å². The van der Waals surface area contributed by atoms with Crippen LogP contribution >= 0.6 is 15.9 Å². The minimum atomic E-state index is -0.989. The van der Waals surface area contributed by atoms with Crippen molar-refractivity contribution < 1.29 is 9.31 Å². The Hall–Kier alpha value is -2.02. The average molecular weight is 312 g/mol. The van der Waals surface area contributed by atoms with Crippen molar-refractivity contribution in [3.63, 3.8) is 0 Å². The highest BCUT2D eigenvalue weighted by atomic mass is 79.9. The van der Waals surface area contributed by atoms with E-state index < -0.39 is 16.4 Å². The lowest BCUT2D eigenvalue weighted by atomic mass is 10.1. The van der Waals surface area contributed by atoms with Gasteiger partial charge in [-0.25, -0.2) is 0 Å². The molecule has 1 aromatic carbocycles. The number of rotatable bonds is 2. The standard InChI is InChI=1S/C11H7BrFN3O2/c12-7-5-6(8-3-1-2-4-15-8)10(14)11(9(7)13)16(17)18/h1-5H,14H2. The van der Waals surface area contributed by atoms with Crippen LogP contribution in [0.15, 0.2) is 34.9 Å². The molecule has 92 valence electrons. The number of nitrogen functional groups attached to an aromatic ring is 1. The van der Waals surface area contributed by atoms with Gasteiger partial charge in [-0.15, -0.1) is 0 Å². The molecule has 2 N–H and O–H groups in total. The zero-order valence-electron chi connectivity index (χ0n) is 8.93. The van der Waals surface area contributed by atoms with Gasteiger partial charge < -0.3 is 5.73 Å². The van der Waals surface area contributed by atoms with E-state index in [2.05, 4.69) is 20.9 Å².